The summed E-state index contributed by atoms with van der Waals surface area (Å²) >= 11 is 5.91. The lowest BCUT2D eigenvalue weighted by atomic mass is 10.2. The largest absolute Gasteiger partial charge is 0.493 e. The van der Waals surface area contributed by atoms with Crippen LogP contribution in [0.1, 0.15) is 12.0 Å². The van der Waals surface area contributed by atoms with E-state index in [-0.39, 0.29) is 12.3 Å². The van der Waals surface area contributed by atoms with E-state index in [1.165, 1.54) is 0 Å². The molecule has 5 heteroatoms. The van der Waals surface area contributed by atoms with E-state index in [4.69, 9.17) is 22.1 Å². The van der Waals surface area contributed by atoms with E-state index in [0.717, 1.165) is 11.3 Å². The van der Waals surface area contributed by atoms with E-state index < -0.39 is 0 Å². The molecule has 0 saturated heterocycles. The number of hydrogen-bond acceptors (Lipinski definition) is 3. The number of carbonyl (C=O) groups excluding carboxylic acids is 1. The van der Waals surface area contributed by atoms with Gasteiger partial charge in [0.2, 0.25) is 5.91 Å². The lowest BCUT2D eigenvalue weighted by Crippen LogP contribution is -2.15. The first-order valence-corrected chi connectivity index (χ1v) is 6.97. The molecule has 0 unspecified atom stereocenters. The molecule has 0 aromatic heterocycles. The molecular weight excluding hydrogens is 288 g/mol. The van der Waals surface area contributed by atoms with Gasteiger partial charge in [0.15, 0.2) is 0 Å². The van der Waals surface area contributed by atoms with Crippen LogP contribution in [-0.2, 0) is 4.79 Å². The Morgan fingerprint density at radius 3 is 2.67 bits per heavy atom. The molecule has 21 heavy (non-hydrogen) atoms. The molecule has 1 amide bonds. The van der Waals surface area contributed by atoms with Crippen LogP contribution >= 0.6 is 11.6 Å². The van der Waals surface area contributed by atoms with Crippen LogP contribution in [0.3, 0.4) is 0 Å². The Hall–Kier alpha value is -2.20. The van der Waals surface area contributed by atoms with Gasteiger partial charge in [-0.25, -0.2) is 0 Å². The molecule has 2 rings (SSSR count). The summed E-state index contributed by atoms with van der Waals surface area (Å²) in [6.07, 6.45) is 0.260. The molecule has 0 aliphatic carbocycles. The highest BCUT2D eigenvalue weighted by Gasteiger charge is 2.06. The summed E-state index contributed by atoms with van der Waals surface area (Å²) in [6, 6.07) is 12.4. The fraction of sp³-hybridized carbons (Fsp3) is 0.188. The molecule has 0 bridgehead atoms. The van der Waals surface area contributed by atoms with Crippen LogP contribution in [0.15, 0.2) is 42.5 Å². The first-order valence-electron chi connectivity index (χ1n) is 6.59. The number of carbonyl (C=O) groups is 1. The van der Waals surface area contributed by atoms with Gasteiger partial charge in [0.05, 0.1) is 13.0 Å². The van der Waals surface area contributed by atoms with Crippen molar-refractivity contribution in [3.63, 3.8) is 0 Å². The predicted molar refractivity (Wildman–Crippen MR) is 85.8 cm³/mol. The Labute approximate surface area is 128 Å². The Morgan fingerprint density at radius 2 is 1.95 bits per heavy atom. The van der Waals surface area contributed by atoms with Gasteiger partial charge in [-0.05, 0) is 48.9 Å². The number of hydrogen-bond donors (Lipinski definition) is 2. The number of benzene rings is 2. The summed E-state index contributed by atoms with van der Waals surface area (Å²) in [4.78, 5) is 11.9. The summed E-state index contributed by atoms with van der Waals surface area (Å²) in [5, 5.41) is 3.41. The monoisotopic (exact) mass is 304 g/mol. The number of rotatable bonds is 5. The first-order chi connectivity index (χ1) is 10.0. The van der Waals surface area contributed by atoms with Gasteiger partial charge in [0.1, 0.15) is 5.75 Å². The third-order valence-corrected chi connectivity index (χ3v) is 3.19. The van der Waals surface area contributed by atoms with Crippen molar-refractivity contribution in [2.24, 2.45) is 0 Å². The van der Waals surface area contributed by atoms with Gasteiger partial charge in [-0.2, -0.15) is 0 Å². The molecule has 0 aliphatic heterocycles. The van der Waals surface area contributed by atoms with Crippen molar-refractivity contribution in [1.82, 2.24) is 0 Å². The Balaban J connectivity index is 1.82. The van der Waals surface area contributed by atoms with Crippen LogP contribution in [0.2, 0.25) is 5.02 Å². The lowest BCUT2D eigenvalue weighted by molar-refractivity contribution is -0.116. The maximum absolute atomic E-state index is 11.9. The van der Waals surface area contributed by atoms with Crippen molar-refractivity contribution in [1.29, 1.82) is 0 Å². The second-order valence-electron chi connectivity index (χ2n) is 4.67. The van der Waals surface area contributed by atoms with Crippen molar-refractivity contribution in [3.8, 4) is 5.75 Å². The second kappa shape index (κ2) is 6.99. The zero-order valence-corrected chi connectivity index (χ0v) is 12.5. The lowest BCUT2D eigenvalue weighted by Gasteiger charge is -2.10. The summed E-state index contributed by atoms with van der Waals surface area (Å²) in [6.45, 7) is 2.21. The van der Waals surface area contributed by atoms with E-state index in [2.05, 4.69) is 5.32 Å². The number of halogens is 1. The summed E-state index contributed by atoms with van der Waals surface area (Å²) in [5.41, 5.74) is 7.95. The average molecular weight is 305 g/mol. The highest BCUT2D eigenvalue weighted by Crippen LogP contribution is 2.20. The average Bonchev–Trinajstić information content (AvgIpc) is 2.45. The maximum atomic E-state index is 11.9. The Kier molecular flexibility index (Phi) is 5.06. The minimum absolute atomic E-state index is 0.115. The van der Waals surface area contributed by atoms with Gasteiger partial charge in [0, 0.05) is 16.4 Å². The van der Waals surface area contributed by atoms with Gasteiger partial charge in [-0.15, -0.1) is 0 Å². The quantitative estimate of drug-likeness (QED) is 0.829. The number of aryl methyl sites for hydroxylation is 1. The number of ether oxygens (including phenoxy) is 1. The molecule has 0 aliphatic rings. The molecule has 0 spiro atoms. The van der Waals surface area contributed by atoms with Crippen molar-refractivity contribution in [2.45, 2.75) is 13.3 Å². The summed E-state index contributed by atoms with van der Waals surface area (Å²) in [7, 11) is 0. The molecule has 3 N–H and O–H groups in total. The standard InChI is InChI=1S/C16H17ClN2O2/c1-11-2-3-12(17)10-15(11)19-16(20)8-9-21-14-6-4-13(18)5-7-14/h2-7,10H,8-9,18H2,1H3,(H,19,20). The highest BCUT2D eigenvalue weighted by molar-refractivity contribution is 6.31. The molecule has 2 aromatic carbocycles. The molecule has 0 saturated carbocycles. The molecule has 0 fully saturated rings. The van der Waals surface area contributed by atoms with Crippen LogP contribution in [0, 0.1) is 6.92 Å². The predicted octanol–water partition coefficient (Wildman–Crippen LogP) is 3.64. The summed E-state index contributed by atoms with van der Waals surface area (Å²) in [5.74, 6) is 0.576. The second-order valence-corrected chi connectivity index (χ2v) is 5.11. The first kappa shape index (κ1) is 15.2. The number of amides is 1. The van der Waals surface area contributed by atoms with E-state index in [0.29, 0.717) is 23.1 Å². The number of anilines is 2. The number of nitrogen functional groups attached to an aromatic ring is 1. The Bertz CT molecular complexity index is 627. The maximum Gasteiger partial charge on any atom is 0.227 e. The number of nitrogens with two attached hydrogens (primary N) is 1. The Morgan fingerprint density at radius 1 is 1.24 bits per heavy atom. The topological polar surface area (TPSA) is 64.3 Å². The molecule has 110 valence electrons. The molecule has 4 nitrogen and oxygen atoms in total. The molecule has 0 heterocycles. The van der Waals surface area contributed by atoms with Crippen molar-refractivity contribution in [3.05, 3.63) is 53.1 Å². The molecular formula is C16H17ClN2O2. The van der Waals surface area contributed by atoms with Crippen LogP contribution in [0.25, 0.3) is 0 Å². The van der Waals surface area contributed by atoms with Gasteiger partial charge in [0.25, 0.3) is 0 Å². The number of nitrogens with one attached hydrogen (secondary N) is 1. The normalized spacial score (nSPS) is 10.2. The van der Waals surface area contributed by atoms with Crippen molar-refractivity contribution >= 4 is 28.9 Å². The van der Waals surface area contributed by atoms with Gasteiger partial charge in [-0.3, -0.25) is 4.79 Å². The third-order valence-electron chi connectivity index (χ3n) is 2.95. The van der Waals surface area contributed by atoms with Gasteiger partial charge in [-0.1, -0.05) is 17.7 Å². The van der Waals surface area contributed by atoms with Crippen molar-refractivity contribution in [2.75, 3.05) is 17.7 Å². The van der Waals surface area contributed by atoms with E-state index in [1.54, 1.807) is 36.4 Å². The zero-order chi connectivity index (χ0) is 15.2. The minimum Gasteiger partial charge on any atom is -0.493 e. The van der Waals surface area contributed by atoms with Gasteiger partial charge >= 0.3 is 0 Å². The summed E-state index contributed by atoms with van der Waals surface area (Å²) < 4.78 is 5.48. The fourth-order valence-electron chi connectivity index (χ4n) is 1.77. The van der Waals surface area contributed by atoms with E-state index in [1.807, 2.05) is 13.0 Å². The highest BCUT2D eigenvalue weighted by atomic mass is 35.5. The van der Waals surface area contributed by atoms with Crippen LogP contribution in [0.5, 0.6) is 5.75 Å². The van der Waals surface area contributed by atoms with Crippen molar-refractivity contribution < 1.29 is 9.53 Å². The van der Waals surface area contributed by atoms with Crippen LogP contribution in [-0.4, -0.2) is 12.5 Å². The minimum atomic E-state index is -0.115. The van der Waals surface area contributed by atoms with Crippen LogP contribution in [0.4, 0.5) is 11.4 Å². The smallest absolute Gasteiger partial charge is 0.227 e. The molecule has 2 aromatic rings. The fourth-order valence-corrected chi connectivity index (χ4v) is 1.94. The zero-order valence-electron chi connectivity index (χ0n) is 11.7. The van der Waals surface area contributed by atoms with Crippen LogP contribution < -0.4 is 15.8 Å². The third kappa shape index (κ3) is 4.68. The van der Waals surface area contributed by atoms with Gasteiger partial charge < -0.3 is 15.8 Å². The van der Waals surface area contributed by atoms with E-state index >= 15 is 0 Å². The SMILES string of the molecule is Cc1ccc(Cl)cc1NC(=O)CCOc1ccc(N)cc1. The molecule has 0 radical (unpaired) electrons. The van der Waals surface area contributed by atoms with E-state index in [9.17, 15) is 4.79 Å². The molecule has 0 atom stereocenters.